The van der Waals surface area contributed by atoms with E-state index < -0.39 is 12.7 Å². The molecule has 2 rings (SSSR count). The lowest BCUT2D eigenvalue weighted by Gasteiger charge is -2.34. The number of alkyl halides is 3. The molecule has 0 aromatic carbocycles. The van der Waals surface area contributed by atoms with Gasteiger partial charge in [0.25, 0.3) is 5.91 Å². The average molecular weight is 352 g/mol. The van der Waals surface area contributed by atoms with Gasteiger partial charge < -0.3 is 4.90 Å². The topological polar surface area (TPSA) is 36.4 Å². The Morgan fingerprint density at radius 1 is 1.25 bits per heavy atom. The Morgan fingerprint density at radius 2 is 1.90 bits per heavy atom. The lowest BCUT2D eigenvalue weighted by atomic mass is 10.2. The van der Waals surface area contributed by atoms with Crippen LogP contribution in [0.3, 0.4) is 0 Å². The van der Waals surface area contributed by atoms with Crippen LogP contribution in [0.2, 0.25) is 0 Å². The number of hydrogen-bond acceptors (Lipinski definition) is 3. The lowest BCUT2D eigenvalue weighted by Crippen LogP contribution is -2.51. The maximum Gasteiger partial charge on any atom is 0.401 e. The third kappa shape index (κ3) is 4.17. The van der Waals surface area contributed by atoms with Gasteiger partial charge in [-0.2, -0.15) is 13.2 Å². The van der Waals surface area contributed by atoms with Crippen LogP contribution in [0.5, 0.6) is 0 Å². The van der Waals surface area contributed by atoms with Gasteiger partial charge in [-0.3, -0.25) is 9.69 Å². The van der Waals surface area contributed by atoms with Crippen molar-refractivity contribution >= 4 is 21.8 Å². The van der Waals surface area contributed by atoms with E-state index in [2.05, 4.69) is 20.9 Å². The maximum atomic E-state index is 12.3. The van der Waals surface area contributed by atoms with Gasteiger partial charge in [0.05, 0.1) is 6.54 Å². The Bertz CT molecular complexity index is 487. The second-order valence-electron chi connectivity index (χ2n) is 4.53. The molecule has 4 nitrogen and oxygen atoms in total. The fraction of sp³-hybridized carbons (Fsp3) is 0.500. The van der Waals surface area contributed by atoms with E-state index in [1.54, 1.807) is 18.2 Å². The quantitative estimate of drug-likeness (QED) is 0.766. The van der Waals surface area contributed by atoms with Gasteiger partial charge in [-0.25, -0.2) is 4.98 Å². The van der Waals surface area contributed by atoms with Crippen molar-refractivity contribution in [1.29, 1.82) is 0 Å². The summed E-state index contributed by atoms with van der Waals surface area (Å²) < 4.78 is 37.4. The van der Waals surface area contributed by atoms with Crippen molar-refractivity contribution in [2.24, 2.45) is 0 Å². The molecule has 0 atom stereocenters. The van der Waals surface area contributed by atoms with Crippen molar-refractivity contribution in [2.45, 2.75) is 6.18 Å². The van der Waals surface area contributed by atoms with Gasteiger partial charge in [0.15, 0.2) is 0 Å². The van der Waals surface area contributed by atoms with Crippen LogP contribution in [-0.4, -0.2) is 59.6 Å². The minimum absolute atomic E-state index is 0.221. The monoisotopic (exact) mass is 351 g/mol. The first kappa shape index (κ1) is 15.2. The number of nitrogens with zero attached hydrogens (tertiary/aromatic N) is 3. The van der Waals surface area contributed by atoms with E-state index in [4.69, 9.17) is 0 Å². The van der Waals surface area contributed by atoms with E-state index in [0.29, 0.717) is 10.3 Å². The summed E-state index contributed by atoms with van der Waals surface area (Å²) in [5.74, 6) is -0.252. The molecule has 0 aliphatic carbocycles. The normalized spacial score (nSPS) is 17.3. The summed E-state index contributed by atoms with van der Waals surface area (Å²) in [5.41, 5.74) is 0.295. The highest BCUT2D eigenvalue weighted by Crippen LogP contribution is 2.18. The van der Waals surface area contributed by atoms with E-state index in [1.807, 2.05) is 0 Å². The second-order valence-corrected chi connectivity index (χ2v) is 5.34. The Kier molecular flexibility index (Phi) is 4.64. The number of pyridine rings is 1. The molecule has 8 heteroatoms. The number of rotatable bonds is 2. The van der Waals surface area contributed by atoms with Gasteiger partial charge in [0.1, 0.15) is 10.3 Å². The molecule has 2 heterocycles. The van der Waals surface area contributed by atoms with Gasteiger partial charge >= 0.3 is 6.18 Å². The fourth-order valence-corrected chi connectivity index (χ4v) is 2.40. The molecule has 0 bridgehead atoms. The molecule has 1 fully saturated rings. The van der Waals surface area contributed by atoms with Crippen LogP contribution >= 0.6 is 15.9 Å². The maximum absolute atomic E-state index is 12.3. The van der Waals surface area contributed by atoms with Gasteiger partial charge in [0.2, 0.25) is 0 Å². The Balaban J connectivity index is 1.92. The molecule has 1 amide bonds. The molecule has 110 valence electrons. The number of amides is 1. The van der Waals surface area contributed by atoms with Crippen molar-refractivity contribution in [2.75, 3.05) is 32.7 Å². The second kappa shape index (κ2) is 6.09. The number of halogens is 4. The highest BCUT2D eigenvalue weighted by atomic mass is 79.9. The zero-order chi connectivity index (χ0) is 14.8. The fourth-order valence-electron chi connectivity index (χ4n) is 2.05. The van der Waals surface area contributed by atoms with Gasteiger partial charge in [-0.05, 0) is 28.1 Å². The summed E-state index contributed by atoms with van der Waals surface area (Å²) in [4.78, 5) is 19.0. The van der Waals surface area contributed by atoms with Crippen LogP contribution in [0.25, 0.3) is 0 Å². The lowest BCUT2D eigenvalue weighted by molar-refractivity contribution is -0.148. The Hall–Kier alpha value is -1.15. The number of hydrogen-bond donors (Lipinski definition) is 0. The minimum Gasteiger partial charge on any atom is -0.335 e. The zero-order valence-electron chi connectivity index (χ0n) is 10.5. The van der Waals surface area contributed by atoms with Crippen molar-refractivity contribution in [3.63, 3.8) is 0 Å². The molecule has 1 aliphatic heterocycles. The van der Waals surface area contributed by atoms with Crippen LogP contribution in [-0.2, 0) is 0 Å². The highest BCUT2D eigenvalue weighted by molar-refractivity contribution is 9.10. The van der Waals surface area contributed by atoms with E-state index in [0.717, 1.165) is 0 Å². The van der Waals surface area contributed by atoms with Gasteiger partial charge in [-0.1, -0.05) is 6.07 Å². The van der Waals surface area contributed by atoms with Crippen molar-refractivity contribution in [3.8, 4) is 0 Å². The van der Waals surface area contributed by atoms with E-state index in [1.165, 1.54) is 9.80 Å². The largest absolute Gasteiger partial charge is 0.401 e. The van der Waals surface area contributed by atoms with Crippen LogP contribution in [0.4, 0.5) is 13.2 Å². The van der Waals surface area contributed by atoms with Gasteiger partial charge in [-0.15, -0.1) is 0 Å². The minimum atomic E-state index is -4.20. The SMILES string of the molecule is O=C(c1cccc(Br)n1)N1CCN(CC(F)(F)F)CC1. The van der Waals surface area contributed by atoms with Gasteiger partial charge in [0, 0.05) is 26.2 Å². The van der Waals surface area contributed by atoms with Crippen LogP contribution in [0.15, 0.2) is 22.8 Å². The van der Waals surface area contributed by atoms with Crippen molar-refractivity contribution in [3.05, 3.63) is 28.5 Å². The highest BCUT2D eigenvalue weighted by Gasteiger charge is 2.33. The van der Waals surface area contributed by atoms with Crippen LogP contribution in [0.1, 0.15) is 10.5 Å². The first-order chi connectivity index (χ1) is 9.35. The molecule has 1 aromatic rings. The molecule has 20 heavy (non-hydrogen) atoms. The van der Waals surface area contributed by atoms with E-state index >= 15 is 0 Å². The standard InChI is InChI=1S/C12H13BrF3N3O/c13-10-3-1-2-9(17-10)11(20)19-6-4-18(5-7-19)8-12(14,15)16/h1-3H,4-8H2. The van der Waals surface area contributed by atoms with Crippen molar-refractivity contribution in [1.82, 2.24) is 14.8 Å². The molecule has 1 aromatic heterocycles. The Morgan fingerprint density at radius 3 is 2.45 bits per heavy atom. The van der Waals surface area contributed by atoms with Crippen molar-refractivity contribution < 1.29 is 18.0 Å². The number of carbonyl (C=O) groups excluding carboxylic acids is 1. The summed E-state index contributed by atoms with van der Waals surface area (Å²) in [7, 11) is 0. The van der Waals surface area contributed by atoms with E-state index in [-0.39, 0.29) is 32.1 Å². The predicted octanol–water partition coefficient (Wildman–Crippen LogP) is 2.16. The molecule has 0 unspecified atom stereocenters. The van der Waals surface area contributed by atoms with Crippen LogP contribution < -0.4 is 0 Å². The third-order valence-electron chi connectivity index (χ3n) is 3.00. The summed E-state index contributed by atoms with van der Waals surface area (Å²) in [6, 6.07) is 5.00. The number of piperazine rings is 1. The molecular formula is C12H13BrF3N3O. The summed E-state index contributed by atoms with van der Waals surface area (Å²) >= 11 is 3.18. The molecular weight excluding hydrogens is 339 g/mol. The molecule has 1 aliphatic rings. The molecule has 0 saturated carbocycles. The summed E-state index contributed by atoms with van der Waals surface area (Å²) in [6.45, 7) is 0.0783. The Labute approximate surface area is 122 Å². The van der Waals surface area contributed by atoms with Crippen LogP contribution in [0, 0.1) is 0 Å². The smallest absolute Gasteiger partial charge is 0.335 e. The summed E-state index contributed by atoms with van der Waals surface area (Å²) in [6.07, 6.45) is -4.20. The number of aromatic nitrogens is 1. The zero-order valence-corrected chi connectivity index (χ0v) is 12.1. The number of carbonyl (C=O) groups is 1. The molecule has 0 radical (unpaired) electrons. The summed E-state index contributed by atoms with van der Waals surface area (Å²) in [5, 5.41) is 0. The molecule has 1 saturated heterocycles. The van der Waals surface area contributed by atoms with E-state index in [9.17, 15) is 18.0 Å². The first-order valence-electron chi connectivity index (χ1n) is 6.06. The molecule has 0 N–H and O–H groups in total. The predicted molar refractivity (Wildman–Crippen MR) is 70.3 cm³/mol. The average Bonchev–Trinajstić information content (AvgIpc) is 2.37. The molecule has 0 spiro atoms. The third-order valence-corrected chi connectivity index (χ3v) is 3.44. The first-order valence-corrected chi connectivity index (χ1v) is 6.85.